The Morgan fingerprint density at radius 1 is 1.50 bits per heavy atom. The summed E-state index contributed by atoms with van der Waals surface area (Å²) in [5.74, 6) is 0.386. The second kappa shape index (κ2) is 3.90. The molecule has 1 N–H and O–H groups in total. The van der Waals surface area contributed by atoms with Crippen LogP contribution in [0.3, 0.4) is 0 Å². The van der Waals surface area contributed by atoms with Crippen molar-refractivity contribution in [1.82, 2.24) is 0 Å². The van der Waals surface area contributed by atoms with Crippen LogP contribution in [0, 0.1) is 12.8 Å². The van der Waals surface area contributed by atoms with E-state index in [1.54, 1.807) is 0 Å². The van der Waals surface area contributed by atoms with Gasteiger partial charge in [0.15, 0.2) is 0 Å². The van der Waals surface area contributed by atoms with Crippen molar-refractivity contribution in [3.8, 4) is 0 Å². The Hall–Kier alpha value is -0.0400. The standard InChI is InChI=1S/C7H15O/c1-4-5-7(8)6(2)3/h6-8H,1,4-5H2,2-3H3. The number of hydrogen-bond donors (Lipinski definition) is 1. The summed E-state index contributed by atoms with van der Waals surface area (Å²) in [6, 6.07) is 0. The van der Waals surface area contributed by atoms with Crippen LogP contribution in [0.2, 0.25) is 0 Å². The number of aliphatic hydroxyl groups excluding tert-OH is 1. The molecule has 0 aliphatic rings. The molecular weight excluding hydrogens is 100 g/mol. The van der Waals surface area contributed by atoms with Gasteiger partial charge in [-0.3, -0.25) is 0 Å². The Morgan fingerprint density at radius 2 is 2.00 bits per heavy atom. The van der Waals surface area contributed by atoms with E-state index in [1.165, 1.54) is 0 Å². The fourth-order valence-corrected chi connectivity index (χ4v) is 0.542. The van der Waals surface area contributed by atoms with E-state index in [-0.39, 0.29) is 6.10 Å². The van der Waals surface area contributed by atoms with Gasteiger partial charge in [-0.15, -0.1) is 0 Å². The molecule has 0 rings (SSSR count). The second-order valence-corrected chi connectivity index (χ2v) is 2.45. The molecular formula is C7H15O. The van der Waals surface area contributed by atoms with Crippen LogP contribution >= 0.6 is 0 Å². The van der Waals surface area contributed by atoms with Crippen molar-refractivity contribution in [2.45, 2.75) is 32.8 Å². The highest BCUT2D eigenvalue weighted by molar-refractivity contribution is 4.59. The summed E-state index contributed by atoms with van der Waals surface area (Å²) in [4.78, 5) is 0. The zero-order valence-corrected chi connectivity index (χ0v) is 5.72. The van der Waals surface area contributed by atoms with E-state index in [4.69, 9.17) is 5.11 Å². The van der Waals surface area contributed by atoms with E-state index in [2.05, 4.69) is 6.92 Å². The monoisotopic (exact) mass is 115 g/mol. The SMILES string of the molecule is [CH2]CCC(O)C(C)C. The Balaban J connectivity index is 3.17. The maximum Gasteiger partial charge on any atom is 0.0563 e. The molecule has 0 spiro atoms. The Labute approximate surface area is 51.7 Å². The maximum absolute atomic E-state index is 9.09. The quantitative estimate of drug-likeness (QED) is 0.592. The molecule has 0 amide bonds. The molecule has 0 saturated carbocycles. The van der Waals surface area contributed by atoms with Gasteiger partial charge in [-0.2, -0.15) is 0 Å². The minimum absolute atomic E-state index is 0.146. The van der Waals surface area contributed by atoms with E-state index in [0.717, 1.165) is 12.8 Å². The third-order valence-corrected chi connectivity index (χ3v) is 1.27. The van der Waals surface area contributed by atoms with E-state index >= 15 is 0 Å². The van der Waals surface area contributed by atoms with E-state index in [0.29, 0.717) is 5.92 Å². The predicted molar refractivity (Wildman–Crippen MR) is 35.4 cm³/mol. The zero-order chi connectivity index (χ0) is 6.57. The first kappa shape index (κ1) is 7.96. The molecule has 0 aromatic heterocycles. The first-order valence-corrected chi connectivity index (χ1v) is 3.15. The minimum Gasteiger partial charge on any atom is -0.393 e. The van der Waals surface area contributed by atoms with Crippen molar-refractivity contribution in [2.24, 2.45) is 5.92 Å². The van der Waals surface area contributed by atoms with Crippen LogP contribution < -0.4 is 0 Å². The summed E-state index contributed by atoms with van der Waals surface area (Å²) < 4.78 is 0. The summed E-state index contributed by atoms with van der Waals surface area (Å²) >= 11 is 0. The first-order valence-electron chi connectivity index (χ1n) is 3.15. The molecule has 0 aliphatic carbocycles. The summed E-state index contributed by atoms with van der Waals surface area (Å²) in [6.45, 7) is 7.68. The van der Waals surface area contributed by atoms with Gasteiger partial charge in [0.1, 0.15) is 0 Å². The van der Waals surface area contributed by atoms with Gasteiger partial charge in [-0.25, -0.2) is 0 Å². The maximum atomic E-state index is 9.09. The topological polar surface area (TPSA) is 20.2 Å². The van der Waals surface area contributed by atoms with Crippen LogP contribution in [-0.2, 0) is 0 Å². The highest BCUT2D eigenvalue weighted by Gasteiger charge is 2.05. The van der Waals surface area contributed by atoms with Crippen molar-refractivity contribution < 1.29 is 5.11 Å². The van der Waals surface area contributed by atoms with Gasteiger partial charge < -0.3 is 5.11 Å². The van der Waals surface area contributed by atoms with E-state index < -0.39 is 0 Å². The molecule has 1 atom stereocenters. The fourth-order valence-electron chi connectivity index (χ4n) is 0.542. The molecule has 0 aromatic rings. The normalized spacial score (nSPS) is 14.6. The van der Waals surface area contributed by atoms with Crippen molar-refractivity contribution in [1.29, 1.82) is 0 Å². The third kappa shape index (κ3) is 3.03. The number of aliphatic hydroxyl groups is 1. The smallest absolute Gasteiger partial charge is 0.0563 e. The summed E-state index contributed by atoms with van der Waals surface area (Å²) in [7, 11) is 0. The molecule has 0 aromatic carbocycles. The average Bonchev–Trinajstić information content (AvgIpc) is 1.67. The first-order chi connectivity index (χ1) is 3.68. The van der Waals surface area contributed by atoms with Crippen LogP contribution in [0.25, 0.3) is 0 Å². The summed E-state index contributed by atoms with van der Waals surface area (Å²) in [6.07, 6.45) is 1.52. The molecule has 1 nitrogen and oxygen atoms in total. The molecule has 0 heterocycles. The van der Waals surface area contributed by atoms with Crippen LogP contribution in [-0.4, -0.2) is 11.2 Å². The van der Waals surface area contributed by atoms with Crippen LogP contribution in [0.1, 0.15) is 26.7 Å². The summed E-state index contributed by atoms with van der Waals surface area (Å²) in [5.41, 5.74) is 0. The average molecular weight is 115 g/mol. The van der Waals surface area contributed by atoms with E-state index in [1.807, 2.05) is 13.8 Å². The molecule has 1 heteroatoms. The van der Waals surface area contributed by atoms with Crippen LogP contribution in [0.4, 0.5) is 0 Å². The Bertz CT molecular complexity index is 50.3. The van der Waals surface area contributed by atoms with Gasteiger partial charge in [0, 0.05) is 0 Å². The van der Waals surface area contributed by atoms with Crippen molar-refractivity contribution in [2.75, 3.05) is 0 Å². The van der Waals surface area contributed by atoms with Crippen molar-refractivity contribution in [3.63, 3.8) is 0 Å². The fraction of sp³-hybridized carbons (Fsp3) is 0.857. The molecule has 1 radical (unpaired) electrons. The second-order valence-electron chi connectivity index (χ2n) is 2.45. The third-order valence-electron chi connectivity index (χ3n) is 1.27. The van der Waals surface area contributed by atoms with Gasteiger partial charge in [0.25, 0.3) is 0 Å². The lowest BCUT2D eigenvalue weighted by molar-refractivity contribution is 0.117. The van der Waals surface area contributed by atoms with Gasteiger partial charge in [-0.1, -0.05) is 27.2 Å². The molecule has 49 valence electrons. The van der Waals surface area contributed by atoms with Crippen molar-refractivity contribution >= 4 is 0 Å². The van der Waals surface area contributed by atoms with Crippen LogP contribution in [0.5, 0.6) is 0 Å². The molecule has 0 bridgehead atoms. The lowest BCUT2D eigenvalue weighted by atomic mass is 10.0. The van der Waals surface area contributed by atoms with Crippen molar-refractivity contribution in [3.05, 3.63) is 6.92 Å². The minimum atomic E-state index is -0.146. The number of hydrogen-bond acceptors (Lipinski definition) is 1. The molecule has 0 saturated heterocycles. The van der Waals surface area contributed by atoms with E-state index in [9.17, 15) is 0 Å². The van der Waals surface area contributed by atoms with Gasteiger partial charge in [-0.05, 0) is 12.3 Å². The molecule has 0 aliphatic heterocycles. The molecule has 1 unspecified atom stereocenters. The van der Waals surface area contributed by atoms with Gasteiger partial charge in [0.2, 0.25) is 0 Å². The zero-order valence-electron chi connectivity index (χ0n) is 5.72. The highest BCUT2D eigenvalue weighted by Crippen LogP contribution is 2.06. The summed E-state index contributed by atoms with van der Waals surface area (Å²) in [5, 5.41) is 9.09. The van der Waals surface area contributed by atoms with Gasteiger partial charge >= 0.3 is 0 Å². The molecule has 8 heavy (non-hydrogen) atoms. The largest absolute Gasteiger partial charge is 0.393 e. The lowest BCUT2D eigenvalue weighted by Gasteiger charge is -2.11. The van der Waals surface area contributed by atoms with Crippen LogP contribution in [0.15, 0.2) is 0 Å². The molecule has 0 fully saturated rings. The predicted octanol–water partition coefficient (Wildman–Crippen LogP) is 1.62. The lowest BCUT2D eigenvalue weighted by Crippen LogP contribution is -2.13. The highest BCUT2D eigenvalue weighted by atomic mass is 16.3. The Morgan fingerprint density at radius 3 is 2.12 bits per heavy atom. The Kier molecular flexibility index (Phi) is 3.88. The number of rotatable bonds is 3. The van der Waals surface area contributed by atoms with Gasteiger partial charge in [0.05, 0.1) is 6.10 Å².